The Kier molecular flexibility index (Phi) is 4.65. The molecule has 2 N–H and O–H groups in total. The summed E-state index contributed by atoms with van der Waals surface area (Å²) in [5.74, 6) is 0.564. The minimum absolute atomic E-state index is 0.130. The molecule has 9 nitrogen and oxygen atoms in total. The number of ether oxygens (including phenoxy) is 4. The molecule has 2 unspecified atom stereocenters. The molecule has 0 aromatic carbocycles. The van der Waals surface area contributed by atoms with Gasteiger partial charge in [-0.2, -0.15) is 5.10 Å². The van der Waals surface area contributed by atoms with Gasteiger partial charge >= 0.3 is 6.16 Å². The van der Waals surface area contributed by atoms with Gasteiger partial charge in [0, 0.05) is 12.5 Å². The Hall–Kier alpha value is -2.39. The third kappa shape index (κ3) is 3.21. The molecule has 27 heavy (non-hydrogen) atoms. The van der Waals surface area contributed by atoms with Crippen LogP contribution in [0.5, 0.6) is 0 Å². The van der Waals surface area contributed by atoms with Gasteiger partial charge in [-0.05, 0) is 31.9 Å². The number of nitrogens with zero attached hydrogens (tertiary/aromatic N) is 3. The lowest BCUT2D eigenvalue weighted by molar-refractivity contribution is -0.0461. The summed E-state index contributed by atoms with van der Waals surface area (Å²) < 4.78 is 23.7. The molecule has 0 spiro atoms. The van der Waals surface area contributed by atoms with Gasteiger partial charge in [0.05, 0.1) is 12.3 Å². The smallest absolute Gasteiger partial charge is 0.432 e. The summed E-state index contributed by atoms with van der Waals surface area (Å²) in [5, 5.41) is 4.26. The first-order valence-electron chi connectivity index (χ1n) is 9.21. The molecule has 146 valence electrons. The second kappa shape index (κ2) is 6.97. The SMILES string of the molecule is CCCOCCOC(=O)OC1C2C[C@H](c3ccc4c(N)ncnn34)O[C@@]21C. The van der Waals surface area contributed by atoms with E-state index in [9.17, 15) is 4.79 Å². The fourth-order valence-electron chi connectivity index (χ4n) is 3.80. The normalized spacial score (nSPS) is 28.9. The number of nitrogens with two attached hydrogens (primary N) is 1. The minimum atomic E-state index is -0.676. The first-order chi connectivity index (χ1) is 13.0. The molecule has 2 aliphatic rings. The molecule has 1 saturated heterocycles. The first kappa shape index (κ1) is 18.0. The monoisotopic (exact) mass is 376 g/mol. The van der Waals surface area contributed by atoms with Crippen LogP contribution >= 0.6 is 0 Å². The predicted octanol–water partition coefficient (Wildman–Crippen LogP) is 2.11. The van der Waals surface area contributed by atoms with Gasteiger partial charge in [0.2, 0.25) is 0 Å². The Morgan fingerprint density at radius 3 is 3.00 bits per heavy atom. The van der Waals surface area contributed by atoms with Crippen LogP contribution in [0.2, 0.25) is 0 Å². The summed E-state index contributed by atoms with van der Waals surface area (Å²) in [6, 6.07) is 3.83. The second-order valence-corrected chi connectivity index (χ2v) is 7.08. The molecule has 2 aromatic rings. The second-order valence-electron chi connectivity index (χ2n) is 7.08. The molecular formula is C18H24N4O5. The van der Waals surface area contributed by atoms with Crippen LogP contribution in [-0.4, -0.2) is 52.3 Å². The van der Waals surface area contributed by atoms with Crippen LogP contribution in [0.1, 0.15) is 38.5 Å². The van der Waals surface area contributed by atoms with Crippen molar-refractivity contribution in [1.29, 1.82) is 0 Å². The largest absolute Gasteiger partial charge is 0.508 e. The van der Waals surface area contributed by atoms with Crippen LogP contribution < -0.4 is 5.73 Å². The van der Waals surface area contributed by atoms with Crippen LogP contribution in [0.15, 0.2) is 18.5 Å². The van der Waals surface area contributed by atoms with Gasteiger partial charge in [-0.1, -0.05) is 6.92 Å². The van der Waals surface area contributed by atoms with Gasteiger partial charge < -0.3 is 24.7 Å². The summed E-state index contributed by atoms with van der Waals surface area (Å²) in [5.41, 5.74) is 7.06. The van der Waals surface area contributed by atoms with E-state index in [0.717, 1.165) is 24.1 Å². The van der Waals surface area contributed by atoms with Crippen molar-refractivity contribution in [3.8, 4) is 0 Å². The third-order valence-corrected chi connectivity index (χ3v) is 5.28. The van der Waals surface area contributed by atoms with Crippen molar-refractivity contribution in [2.75, 3.05) is 25.6 Å². The van der Waals surface area contributed by atoms with Crippen LogP contribution in [0, 0.1) is 5.92 Å². The van der Waals surface area contributed by atoms with E-state index < -0.39 is 11.8 Å². The van der Waals surface area contributed by atoms with Crippen LogP contribution in [0.3, 0.4) is 0 Å². The number of fused-ring (bicyclic) bond motifs is 2. The molecule has 0 bridgehead atoms. The highest BCUT2D eigenvalue weighted by Crippen LogP contribution is 2.61. The fourth-order valence-corrected chi connectivity index (χ4v) is 3.80. The molecule has 3 heterocycles. The van der Waals surface area contributed by atoms with E-state index in [1.165, 1.54) is 6.33 Å². The lowest BCUT2D eigenvalue weighted by atomic mass is 10.1. The lowest BCUT2D eigenvalue weighted by Gasteiger charge is -2.18. The van der Waals surface area contributed by atoms with Crippen LogP contribution in [0.4, 0.5) is 10.6 Å². The van der Waals surface area contributed by atoms with Crippen molar-refractivity contribution in [3.63, 3.8) is 0 Å². The Morgan fingerprint density at radius 1 is 1.41 bits per heavy atom. The quantitative estimate of drug-likeness (QED) is 0.578. The summed E-state index contributed by atoms with van der Waals surface area (Å²) in [7, 11) is 0. The van der Waals surface area contributed by atoms with Crippen LogP contribution in [-0.2, 0) is 18.9 Å². The molecule has 9 heteroatoms. The summed E-state index contributed by atoms with van der Waals surface area (Å²) in [6.45, 7) is 5.20. The highest BCUT2D eigenvalue weighted by molar-refractivity contribution is 5.65. The number of anilines is 1. The zero-order valence-corrected chi connectivity index (χ0v) is 15.5. The van der Waals surface area contributed by atoms with Gasteiger partial charge in [-0.3, -0.25) is 0 Å². The molecule has 1 saturated carbocycles. The molecule has 2 aromatic heterocycles. The number of carbonyl (C=O) groups is 1. The predicted molar refractivity (Wildman–Crippen MR) is 95.1 cm³/mol. The summed E-state index contributed by atoms with van der Waals surface area (Å²) >= 11 is 0. The molecule has 4 rings (SSSR count). The van der Waals surface area contributed by atoms with Crippen molar-refractivity contribution in [2.45, 2.75) is 44.5 Å². The maximum absolute atomic E-state index is 11.8. The number of aromatic nitrogens is 3. The first-order valence-corrected chi connectivity index (χ1v) is 9.21. The average molecular weight is 376 g/mol. The van der Waals surface area contributed by atoms with Gasteiger partial charge in [-0.15, -0.1) is 0 Å². The van der Waals surface area contributed by atoms with Crippen molar-refractivity contribution in [1.82, 2.24) is 14.6 Å². The Labute approximate surface area is 156 Å². The number of rotatable bonds is 7. The Bertz CT molecular complexity index is 840. The molecule has 1 aliphatic carbocycles. The van der Waals surface area contributed by atoms with E-state index in [-0.39, 0.29) is 24.7 Å². The van der Waals surface area contributed by atoms with E-state index >= 15 is 0 Å². The van der Waals surface area contributed by atoms with Gasteiger partial charge in [0.15, 0.2) is 5.82 Å². The Balaban J connectivity index is 1.31. The van der Waals surface area contributed by atoms with Crippen molar-refractivity contribution < 1.29 is 23.7 Å². The lowest BCUT2D eigenvalue weighted by Crippen LogP contribution is -2.22. The van der Waals surface area contributed by atoms with Gasteiger partial charge in [0.1, 0.15) is 36.3 Å². The average Bonchev–Trinajstić information content (AvgIpc) is 3.00. The van der Waals surface area contributed by atoms with Crippen molar-refractivity contribution >= 4 is 17.5 Å². The van der Waals surface area contributed by atoms with Crippen molar-refractivity contribution in [2.24, 2.45) is 5.92 Å². The van der Waals surface area contributed by atoms with Crippen LogP contribution in [0.25, 0.3) is 5.52 Å². The summed E-state index contributed by atoms with van der Waals surface area (Å²) in [4.78, 5) is 15.8. The molecule has 0 radical (unpaired) electrons. The maximum Gasteiger partial charge on any atom is 0.508 e. The van der Waals surface area contributed by atoms with Crippen molar-refractivity contribution in [3.05, 3.63) is 24.2 Å². The maximum atomic E-state index is 11.8. The minimum Gasteiger partial charge on any atom is -0.432 e. The highest BCUT2D eigenvalue weighted by atomic mass is 16.7. The van der Waals surface area contributed by atoms with E-state index in [1.54, 1.807) is 4.52 Å². The van der Waals surface area contributed by atoms with E-state index in [0.29, 0.717) is 19.0 Å². The number of carbonyl (C=O) groups excluding carboxylic acids is 1. The van der Waals surface area contributed by atoms with E-state index in [2.05, 4.69) is 10.1 Å². The van der Waals surface area contributed by atoms with E-state index in [1.807, 2.05) is 26.0 Å². The summed E-state index contributed by atoms with van der Waals surface area (Å²) in [6.07, 6.45) is 2.00. The highest BCUT2D eigenvalue weighted by Gasteiger charge is 2.71. The molecule has 2 fully saturated rings. The van der Waals surface area contributed by atoms with Gasteiger partial charge in [0.25, 0.3) is 0 Å². The van der Waals surface area contributed by atoms with Gasteiger partial charge in [-0.25, -0.2) is 14.3 Å². The zero-order valence-electron chi connectivity index (χ0n) is 15.5. The standard InChI is InChI=1S/C18H24N4O5/c1-3-6-24-7-8-25-17(23)26-15-11-9-14(27-18(11,15)2)12-4-5-13-16(19)20-10-21-22(12)13/h4-5,10-11,14-15H,3,6-9H2,1-2H3,(H2,19,20,21)/t11?,14-,15?,18+/m1/s1. The molecule has 0 amide bonds. The number of hydrogen-bond acceptors (Lipinski definition) is 8. The molecular weight excluding hydrogens is 352 g/mol. The topological polar surface area (TPSA) is 110 Å². The molecule has 4 atom stereocenters. The fraction of sp³-hybridized carbons (Fsp3) is 0.611. The molecule has 1 aliphatic heterocycles. The van der Waals surface area contributed by atoms with E-state index in [4.69, 9.17) is 24.7 Å². The zero-order chi connectivity index (χ0) is 19.0. The Morgan fingerprint density at radius 2 is 2.26 bits per heavy atom. The number of hydrogen-bond donors (Lipinski definition) is 1. The third-order valence-electron chi connectivity index (χ3n) is 5.28. The number of nitrogen functional groups attached to an aromatic ring is 1.